The zero-order valence-electron chi connectivity index (χ0n) is 14.0. The fourth-order valence-electron chi connectivity index (χ4n) is 3.58. The number of fused-ring (bicyclic) bond motifs is 1. The van der Waals surface area contributed by atoms with Gasteiger partial charge in [-0.1, -0.05) is 11.6 Å². The molecule has 0 radical (unpaired) electrons. The zero-order chi connectivity index (χ0) is 17.2. The summed E-state index contributed by atoms with van der Waals surface area (Å²) in [5.74, 6) is 1.91. The van der Waals surface area contributed by atoms with E-state index < -0.39 is 0 Å². The molecule has 134 valence electrons. The number of rotatable bonds is 5. The largest absolute Gasteiger partial charge is 0.454 e. The minimum absolute atomic E-state index is 0.112. The van der Waals surface area contributed by atoms with Crippen LogP contribution in [0.1, 0.15) is 30.0 Å². The van der Waals surface area contributed by atoms with Crippen molar-refractivity contribution in [2.24, 2.45) is 0 Å². The number of aromatic nitrogens is 2. The molecule has 25 heavy (non-hydrogen) atoms. The van der Waals surface area contributed by atoms with Crippen LogP contribution >= 0.6 is 11.6 Å². The van der Waals surface area contributed by atoms with Crippen LogP contribution in [-0.2, 0) is 13.1 Å². The Morgan fingerprint density at radius 3 is 2.96 bits per heavy atom. The number of piperidine rings is 1. The molecule has 0 bridgehead atoms. The lowest BCUT2D eigenvalue weighted by molar-refractivity contribution is 0.173. The van der Waals surface area contributed by atoms with Gasteiger partial charge in [0.2, 0.25) is 6.79 Å². The lowest BCUT2D eigenvalue weighted by Gasteiger charge is -2.32. The maximum absolute atomic E-state index is 9.04. The van der Waals surface area contributed by atoms with Gasteiger partial charge in [-0.2, -0.15) is 5.10 Å². The van der Waals surface area contributed by atoms with Crippen LogP contribution in [0, 0.1) is 0 Å². The molecule has 1 aromatic heterocycles. The molecule has 4 rings (SSSR count). The first-order chi connectivity index (χ1) is 12.2. The molecule has 2 aliphatic heterocycles. The topological polar surface area (TPSA) is 59.8 Å². The first-order valence-electron chi connectivity index (χ1n) is 8.67. The predicted molar refractivity (Wildman–Crippen MR) is 94.1 cm³/mol. The Balaban J connectivity index is 1.44. The molecule has 3 heterocycles. The van der Waals surface area contributed by atoms with Gasteiger partial charge in [-0.05, 0) is 37.1 Å². The summed E-state index contributed by atoms with van der Waals surface area (Å²) < 4.78 is 12.6. The summed E-state index contributed by atoms with van der Waals surface area (Å²) in [6.07, 6.45) is 4.22. The molecule has 2 aliphatic rings. The molecule has 0 spiro atoms. The SMILES string of the molecule is OCCn1ccc([C@H]2CCCN(Cc3cc4c(cc3Cl)OCO4)C2)n1. The number of aliphatic hydroxyl groups is 1. The number of likely N-dealkylation sites (tertiary alicyclic amines) is 1. The maximum Gasteiger partial charge on any atom is 0.231 e. The highest BCUT2D eigenvalue weighted by Crippen LogP contribution is 2.37. The van der Waals surface area contributed by atoms with Crippen molar-refractivity contribution < 1.29 is 14.6 Å². The van der Waals surface area contributed by atoms with E-state index in [9.17, 15) is 0 Å². The number of aliphatic hydroxyl groups excluding tert-OH is 1. The minimum atomic E-state index is 0.112. The summed E-state index contributed by atoms with van der Waals surface area (Å²) >= 11 is 6.42. The second kappa shape index (κ2) is 7.23. The highest BCUT2D eigenvalue weighted by Gasteiger charge is 2.25. The van der Waals surface area contributed by atoms with Gasteiger partial charge in [-0.25, -0.2) is 0 Å². The molecular weight excluding hydrogens is 342 g/mol. The summed E-state index contributed by atoms with van der Waals surface area (Å²) in [5, 5.41) is 14.4. The van der Waals surface area contributed by atoms with Gasteiger partial charge in [0, 0.05) is 36.3 Å². The van der Waals surface area contributed by atoms with Gasteiger partial charge < -0.3 is 14.6 Å². The monoisotopic (exact) mass is 363 g/mol. The van der Waals surface area contributed by atoms with Crippen molar-refractivity contribution in [2.75, 3.05) is 26.5 Å². The maximum atomic E-state index is 9.04. The molecule has 2 aromatic rings. The predicted octanol–water partition coefficient (Wildman–Crippen LogP) is 2.64. The lowest BCUT2D eigenvalue weighted by atomic mass is 9.94. The number of ether oxygens (including phenoxy) is 2. The van der Waals surface area contributed by atoms with Gasteiger partial charge in [-0.3, -0.25) is 9.58 Å². The third kappa shape index (κ3) is 3.61. The van der Waals surface area contributed by atoms with Gasteiger partial charge in [0.15, 0.2) is 11.5 Å². The van der Waals surface area contributed by atoms with Crippen LogP contribution in [-0.4, -0.2) is 46.3 Å². The Labute approximate surface area is 151 Å². The van der Waals surface area contributed by atoms with E-state index >= 15 is 0 Å². The summed E-state index contributed by atoms with van der Waals surface area (Å²) in [7, 11) is 0. The van der Waals surface area contributed by atoms with Crippen LogP contribution in [0.4, 0.5) is 0 Å². The Hall–Kier alpha value is -1.76. The highest BCUT2D eigenvalue weighted by molar-refractivity contribution is 6.31. The van der Waals surface area contributed by atoms with Crippen molar-refractivity contribution in [3.63, 3.8) is 0 Å². The zero-order valence-corrected chi connectivity index (χ0v) is 14.8. The molecule has 1 N–H and O–H groups in total. The van der Waals surface area contributed by atoms with Gasteiger partial charge in [0.1, 0.15) is 0 Å². The number of nitrogens with zero attached hydrogens (tertiary/aromatic N) is 3. The third-order valence-corrected chi connectivity index (χ3v) is 5.20. The number of halogens is 1. The van der Waals surface area contributed by atoms with Crippen LogP contribution in [0.25, 0.3) is 0 Å². The quantitative estimate of drug-likeness (QED) is 0.885. The molecule has 0 amide bonds. The van der Waals surface area contributed by atoms with E-state index in [1.165, 1.54) is 0 Å². The van der Waals surface area contributed by atoms with E-state index in [4.69, 9.17) is 26.2 Å². The Bertz CT molecular complexity index is 749. The van der Waals surface area contributed by atoms with Crippen LogP contribution < -0.4 is 9.47 Å². The van der Waals surface area contributed by atoms with Gasteiger partial charge in [0.25, 0.3) is 0 Å². The molecule has 0 saturated carbocycles. The average molecular weight is 364 g/mol. The Morgan fingerprint density at radius 2 is 2.12 bits per heavy atom. The van der Waals surface area contributed by atoms with Gasteiger partial charge >= 0.3 is 0 Å². The second-order valence-electron chi connectivity index (χ2n) is 6.60. The van der Waals surface area contributed by atoms with Crippen LogP contribution in [0.15, 0.2) is 24.4 Å². The van der Waals surface area contributed by atoms with Crippen molar-refractivity contribution in [1.82, 2.24) is 14.7 Å². The lowest BCUT2D eigenvalue weighted by Crippen LogP contribution is -2.34. The van der Waals surface area contributed by atoms with Crippen molar-refractivity contribution >= 4 is 11.6 Å². The Kier molecular flexibility index (Phi) is 4.83. The smallest absolute Gasteiger partial charge is 0.231 e. The molecule has 6 nitrogen and oxygen atoms in total. The molecule has 1 aromatic carbocycles. The molecule has 1 fully saturated rings. The molecular formula is C18H22ClN3O3. The normalized spacial score (nSPS) is 20.2. The van der Waals surface area contributed by atoms with Crippen molar-refractivity contribution in [3.8, 4) is 11.5 Å². The van der Waals surface area contributed by atoms with Crippen molar-refractivity contribution in [3.05, 3.63) is 40.7 Å². The first kappa shape index (κ1) is 16.7. The molecule has 1 atom stereocenters. The fraction of sp³-hybridized carbons (Fsp3) is 0.500. The van der Waals surface area contributed by atoms with E-state index in [2.05, 4.69) is 16.1 Å². The number of hydrogen-bond donors (Lipinski definition) is 1. The minimum Gasteiger partial charge on any atom is -0.454 e. The van der Waals surface area contributed by atoms with E-state index in [1.807, 2.05) is 23.0 Å². The molecule has 1 saturated heterocycles. The van der Waals surface area contributed by atoms with Gasteiger partial charge in [0.05, 0.1) is 18.8 Å². The summed E-state index contributed by atoms with van der Waals surface area (Å²) in [6.45, 7) is 3.73. The molecule has 7 heteroatoms. The second-order valence-corrected chi connectivity index (χ2v) is 7.01. The molecule has 0 aliphatic carbocycles. The highest BCUT2D eigenvalue weighted by atomic mass is 35.5. The number of hydrogen-bond acceptors (Lipinski definition) is 5. The van der Waals surface area contributed by atoms with Crippen LogP contribution in [0.2, 0.25) is 5.02 Å². The van der Waals surface area contributed by atoms with Crippen LogP contribution in [0.5, 0.6) is 11.5 Å². The van der Waals surface area contributed by atoms with E-state index in [1.54, 1.807) is 0 Å². The fourth-order valence-corrected chi connectivity index (χ4v) is 3.80. The van der Waals surface area contributed by atoms with Crippen molar-refractivity contribution in [1.29, 1.82) is 0 Å². The number of benzene rings is 1. The Morgan fingerprint density at radius 1 is 1.28 bits per heavy atom. The van der Waals surface area contributed by atoms with Crippen LogP contribution in [0.3, 0.4) is 0 Å². The van der Waals surface area contributed by atoms with E-state index in [0.717, 1.165) is 60.3 Å². The summed E-state index contributed by atoms with van der Waals surface area (Å²) in [4.78, 5) is 2.42. The third-order valence-electron chi connectivity index (χ3n) is 4.85. The standard InChI is InChI=1S/C18H22ClN3O3/c19-15-9-18-17(24-12-25-18)8-14(15)11-21-4-1-2-13(10-21)16-3-5-22(20-16)6-7-23/h3,5,8-9,13,23H,1-2,4,6-7,10-12H2/t13-/m0/s1. The summed E-state index contributed by atoms with van der Waals surface area (Å²) in [5.41, 5.74) is 2.17. The average Bonchev–Trinajstić information content (AvgIpc) is 3.25. The summed E-state index contributed by atoms with van der Waals surface area (Å²) in [6, 6.07) is 5.90. The van der Waals surface area contributed by atoms with E-state index in [0.29, 0.717) is 12.5 Å². The van der Waals surface area contributed by atoms with Crippen molar-refractivity contribution in [2.45, 2.75) is 31.8 Å². The first-order valence-corrected chi connectivity index (χ1v) is 9.05. The molecule has 0 unspecified atom stereocenters. The van der Waals surface area contributed by atoms with E-state index in [-0.39, 0.29) is 13.4 Å². The van der Waals surface area contributed by atoms with Gasteiger partial charge in [-0.15, -0.1) is 0 Å².